The first-order valence-corrected chi connectivity index (χ1v) is 9.20. The van der Waals surface area contributed by atoms with Gasteiger partial charge in [-0.2, -0.15) is 4.57 Å². The van der Waals surface area contributed by atoms with E-state index in [9.17, 15) is 0 Å². The molecule has 0 unspecified atom stereocenters. The van der Waals surface area contributed by atoms with E-state index in [0.717, 1.165) is 19.4 Å². The molecule has 1 nitrogen and oxygen atoms in total. The van der Waals surface area contributed by atoms with Crippen LogP contribution in [0.1, 0.15) is 16.1 Å². The molecule has 25 heavy (non-hydrogen) atoms. The highest BCUT2D eigenvalue weighted by molar-refractivity contribution is 7.18. The van der Waals surface area contributed by atoms with Crippen LogP contribution in [-0.4, -0.2) is 0 Å². The molecule has 0 bridgehead atoms. The van der Waals surface area contributed by atoms with Crippen LogP contribution in [-0.2, 0) is 19.4 Å². The van der Waals surface area contributed by atoms with Crippen molar-refractivity contribution in [1.29, 1.82) is 0 Å². The van der Waals surface area contributed by atoms with Crippen LogP contribution in [0.2, 0.25) is 0 Å². The summed E-state index contributed by atoms with van der Waals surface area (Å²) in [5.41, 5.74) is 4.10. The lowest BCUT2D eigenvalue weighted by atomic mass is 10.1. The van der Waals surface area contributed by atoms with Crippen LogP contribution in [0.3, 0.4) is 0 Å². The predicted octanol–water partition coefficient (Wildman–Crippen LogP) is 2.03. The van der Waals surface area contributed by atoms with Gasteiger partial charge in [-0.15, -0.1) is 0 Å². The zero-order valence-electron chi connectivity index (χ0n) is 13.9. The molecule has 0 aliphatic heterocycles. The molecule has 0 saturated carbocycles. The molecule has 4 aromatic rings. The maximum absolute atomic E-state index is 2.48. The minimum atomic E-state index is 0. The van der Waals surface area contributed by atoms with Gasteiger partial charge in [0.25, 0.3) is 0 Å². The van der Waals surface area contributed by atoms with E-state index in [2.05, 4.69) is 89.5 Å². The first-order valence-electron chi connectivity index (χ1n) is 8.38. The molecule has 0 atom stereocenters. The molecule has 126 valence electrons. The summed E-state index contributed by atoms with van der Waals surface area (Å²) in [5, 5.41) is 1.45. The topological polar surface area (TPSA) is 3.88 Å². The number of aryl methyl sites for hydroxylation is 2. The number of benzene rings is 3. The lowest BCUT2D eigenvalue weighted by molar-refractivity contribution is -0.665. The average molecular weight is 410 g/mol. The van der Waals surface area contributed by atoms with Crippen LogP contribution in [0.5, 0.6) is 0 Å². The van der Waals surface area contributed by atoms with E-state index in [0.29, 0.717) is 0 Å². The number of halogens is 1. The molecule has 1 heterocycles. The Morgan fingerprint density at radius 3 is 1.96 bits per heavy atom. The van der Waals surface area contributed by atoms with Gasteiger partial charge in [-0.05, 0) is 18.1 Å². The van der Waals surface area contributed by atoms with Crippen molar-refractivity contribution < 1.29 is 21.5 Å². The Morgan fingerprint density at radius 2 is 1.24 bits per heavy atom. The largest absolute Gasteiger partial charge is 1.00 e. The van der Waals surface area contributed by atoms with Gasteiger partial charge in [-0.1, -0.05) is 84.1 Å². The highest BCUT2D eigenvalue weighted by Crippen LogP contribution is 2.22. The molecule has 0 fully saturated rings. The molecule has 3 heteroatoms. The Kier molecular flexibility index (Phi) is 6.00. The maximum atomic E-state index is 2.48. The molecule has 0 aliphatic rings. The molecule has 4 rings (SSSR count). The minimum Gasteiger partial charge on any atom is -1.00 e. The summed E-state index contributed by atoms with van der Waals surface area (Å²) in [5.74, 6) is 0. The second kappa shape index (κ2) is 8.41. The number of hydrogen-bond donors (Lipinski definition) is 0. The lowest BCUT2D eigenvalue weighted by Gasteiger charge is -2.01. The van der Waals surface area contributed by atoms with E-state index in [1.54, 1.807) is 0 Å². The fourth-order valence-corrected chi connectivity index (χ4v) is 4.26. The number of rotatable bonds is 5. The zero-order valence-corrected chi connectivity index (χ0v) is 16.3. The van der Waals surface area contributed by atoms with Crippen LogP contribution in [0.25, 0.3) is 10.2 Å². The van der Waals surface area contributed by atoms with Crippen LogP contribution < -0.4 is 21.5 Å². The van der Waals surface area contributed by atoms with Gasteiger partial charge in [0.1, 0.15) is 4.70 Å². The molecule has 0 saturated heterocycles. The van der Waals surface area contributed by atoms with Crippen LogP contribution >= 0.6 is 11.3 Å². The highest BCUT2D eigenvalue weighted by Gasteiger charge is 2.20. The summed E-state index contributed by atoms with van der Waals surface area (Å²) in [6.45, 7) is 0.939. The summed E-state index contributed by atoms with van der Waals surface area (Å²) in [7, 11) is 0. The van der Waals surface area contributed by atoms with Crippen molar-refractivity contribution in [3.8, 4) is 0 Å². The van der Waals surface area contributed by atoms with Crippen LogP contribution in [0.15, 0.2) is 84.9 Å². The molecular weight excluding hydrogens is 390 g/mol. The Morgan fingerprint density at radius 1 is 0.640 bits per heavy atom. The number of para-hydroxylation sites is 1. The second-order valence-electron chi connectivity index (χ2n) is 6.02. The summed E-state index contributed by atoms with van der Waals surface area (Å²) in [6.07, 6.45) is 2.17. The molecule has 0 radical (unpaired) electrons. The number of nitrogens with zero attached hydrogens (tertiary/aromatic N) is 1. The minimum absolute atomic E-state index is 0. The Bertz CT molecular complexity index is 932. The van der Waals surface area contributed by atoms with Gasteiger partial charge in [0.2, 0.25) is 10.5 Å². The number of hydrogen-bond acceptors (Lipinski definition) is 1. The van der Waals surface area contributed by atoms with E-state index in [1.807, 2.05) is 11.3 Å². The third-order valence-corrected chi connectivity index (χ3v) is 5.56. The third kappa shape index (κ3) is 4.17. The highest BCUT2D eigenvalue weighted by atomic mass is 79.9. The van der Waals surface area contributed by atoms with Crippen molar-refractivity contribution in [3.05, 3.63) is 101 Å². The second-order valence-corrected chi connectivity index (χ2v) is 7.14. The van der Waals surface area contributed by atoms with Crippen LogP contribution in [0, 0.1) is 0 Å². The van der Waals surface area contributed by atoms with E-state index in [-0.39, 0.29) is 17.0 Å². The Balaban J connectivity index is 0.00000182. The van der Waals surface area contributed by atoms with Crippen molar-refractivity contribution in [2.45, 2.75) is 19.4 Å². The Hall–Kier alpha value is -1.97. The molecule has 1 aromatic heterocycles. The van der Waals surface area contributed by atoms with Crippen molar-refractivity contribution in [2.24, 2.45) is 0 Å². The van der Waals surface area contributed by atoms with E-state index >= 15 is 0 Å². The first kappa shape index (κ1) is 17.8. The fraction of sp³-hybridized carbons (Fsp3) is 0.136. The van der Waals surface area contributed by atoms with Crippen molar-refractivity contribution in [1.82, 2.24) is 0 Å². The monoisotopic (exact) mass is 409 g/mol. The SMILES string of the molecule is [Br-].c1ccc(CCc2sc3ccccc3[n+]2Cc2ccccc2)cc1. The molecule has 0 spiro atoms. The molecular formula is C22H20BrNS. The zero-order chi connectivity index (χ0) is 16.2. The first-order chi connectivity index (χ1) is 11.9. The third-order valence-electron chi connectivity index (χ3n) is 4.34. The summed E-state index contributed by atoms with van der Waals surface area (Å²) in [4.78, 5) is 0. The lowest BCUT2D eigenvalue weighted by Crippen LogP contribution is -3.00. The fourth-order valence-electron chi connectivity index (χ4n) is 3.10. The number of thiazole rings is 1. The van der Waals surface area contributed by atoms with Gasteiger partial charge in [-0.3, -0.25) is 0 Å². The van der Waals surface area contributed by atoms with Gasteiger partial charge < -0.3 is 17.0 Å². The smallest absolute Gasteiger partial charge is 0.238 e. The van der Waals surface area contributed by atoms with Gasteiger partial charge in [0, 0.05) is 18.1 Å². The van der Waals surface area contributed by atoms with Gasteiger partial charge in [0.15, 0.2) is 6.54 Å². The molecule has 0 aliphatic carbocycles. The molecule has 3 aromatic carbocycles. The van der Waals surface area contributed by atoms with E-state index in [4.69, 9.17) is 0 Å². The van der Waals surface area contributed by atoms with E-state index < -0.39 is 0 Å². The maximum Gasteiger partial charge on any atom is 0.238 e. The molecule has 0 N–H and O–H groups in total. The standard InChI is InChI=1S/C22H20NS.BrH/c1-3-9-18(10-4-1)15-16-22-23(17-19-11-5-2-6-12-19)20-13-7-8-14-21(20)24-22;/h1-14H,15-17H2;1H/q+1;/p-1. The van der Waals surface area contributed by atoms with Gasteiger partial charge >= 0.3 is 0 Å². The van der Waals surface area contributed by atoms with Crippen molar-refractivity contribution in [2.75, 3.05) is 0 Å². The Labute approximate surface area is 163 Å². The average Bonchev–Trinajstić information content (AvgIpc) is 2.99. The summed E-state index contributed by atoms with van der Waals surface area (Å²) >= 11 is 1.93. The van der Waals surface area contributed by atoms with Gasteiger partial charge in [-0.25, -0.2) is 0 Å². The summed E-state index contributed by atoms with van der Waals surface area (Å²) in [6, 6.07) is 30.2. The quantitative estimate of drug-likeness (QED) is 0.444. The normalized spacial score (nSPS) is 10.6. The van der Waals surface area contributed by atoms with Crippen molar-refractivity contribution in [3.63, 3.8) is 0 Å². The van der Waals surface area contributed by atoms with Gasteiger partial charge in [0.05, 0.1) is 0 Å². The molecule has 0 amide bonds. The van der Waals surface area contributed by atoms with Crippen LogP contribution in [0.4, 0.5) is 0 Å². The number of fused-ring (bicyclic) bond motifs is 1. The predicted molar refractivity (Wildman–Crippen MR) is 101 cm³/mol. The van der Waals surface area contributed by atoms with Crippen molar-refractivity contribution >= 4 is 21.6 Å². The summed E-state index contributed by atoms with van der Waals surface area (Å²) < 4.78 is 3.86. The number of aromatic nitrogens is 1. The van der Waals surface area contributed by atoms with E-state index in [1.165, 1.54) is 26.4 Å².